The molecule has 10 heavy (non-hydrogen) atoms. The van der Waals surface area contributed by atoms with E-state index in [1.54, 1.807) is 0 Å². The zero-order valence-electron chi connectivity index (χ0n) is 5.73. The normalized spacial score (nSPS) is 58.5. The van der Waals surface area contributed by atoms with Crippen molar-refractivity contribution < 1.29 is 9.84 Å². The molecule has 3 nitrogen and oxygen atoms in total. The van der Waals surface area contributed by atoms with Gasteiger partial charge in [0.2, 0.25) is 0 Å². The zero-order valence-corrected chi connectivity index (χ0v) is 5.73. The number of aliphatic hydroxyl groups is 1. The lowest BCUT2D eigenvalue weighted by Crippen LogP contribution is -2.35. The van der Waals surface area contributed by atoms with Crippen LogP contribution in [0.1, 0.15) is 6.42 Å². The number of hydrogen-bond donors (Lipinski definition) is 1. The van der Waals surface area contributed by atoms with Gasteiger partial charge in [-0.25, -0.2) is 0 Å². The fourth-order valence-electron chi connectivity index (χ4n) is 2.55. The van der Waals surface area contributed by atoms with Crippen LogP contribution in [0, 0.1) is 0 Å². The maximum Gasteiger partial charge on any atom is 0.0994 e. The molecule has 0 unspecified atom stereocenters. The minimum absolute atomic E-state index is 0.137. The van der Waals surface area contributed by atoms with Crippen molar-refractivity contribution in [2.45, 2.75) is 30.8 Å². The monoisotopic (exact) mass is 141 g/mol. The summed E-state index contributed by atoms with van der Waals surface area (Å²) in [6.45, 7) is 2.09. The molecule has 3 heteroatoms. The Hall–Kier alpha value is -0.120. The van der Waals surface area contributed by atoms with Crippen LogP contribution in [0.4, 0.5) is 0 Å². The summed E-state index contributed by atoms with van der Waals surface area (Å²) in [6.07, 6.45) is 1.43. The summed E-state index contributed by atoms with van der Waals surface area (Å²) in [6, 6.07) is 0.352. The van der Waals surface area contributed by atoms with Gasteiger partial charge >= 0.3 is 0 Å². The average molecular weight is 141 g/mol. The second kappa shape index (κ2) is 1.55. The van der Waals surface area contributed by atoms with Crippen molar-refractivity contribution in [3.63, 3.8) is 0 Å². The fourth-order valence-corrected chi connectivity index (χ4v) is 2.55. The molecule has 0 spiro atoms. The highest BCUT2D eigenvalue weighted by atomic mass is 16.5. The smallest absolute Gasteiger partial charge is 0.0994 e. The molecule has 56 valence electrons. The van der Waals surface area contributed by atoms with Crippen molar-refractivity contribution in [1.82, 2.24) is 4.90 Å². The molecular formula is C7H11NO2. The number of morpholine rings is 1. The van der Waals surface area contributed by atoms with Gasteiger partial charge in [0.1, 0.15) is 0 Å². The first-order valence-corrected chi connectivity index (χ1v) is 3.94. The third-order valence-electron chi connectivity index (χ3n) is 3.00. The van der Waals surface area contributed by atoms with Gasteiger partial charge in [-0.2, -0.15) is 0 Å². The number of aliphatic hydroxyl groups excluding tert-OH is 1. The first-order chi connectivity index (χ1) is 4.86. The molecule has 3 aliphatic rings. The number of rotatable bonds is 0. The molecule has 0 aromatic carbocycles. The largest absolute Gasteiger partial charge is 0.389 e. The summed E-state index contributed by atoms with van der Waals surface area (Å²) in [7, 11) is 0. The van der Waals surface area contributed by atoms with Crippen molar-refractivity contribution in [3.8, 4) is 0 Å². The predicted molar refractivity (Wildman–Crippen MR) is 34.6 cm³/mol. The van der Waals surface area contributed by atoms with Crippen LogP contribution in [0.5, 0.6) is 0 Å². The Balaban J connectivity index is 2.01. The summed E-state index contributed by atoms with van der Waals surface area (Å²) in [5.41, 5.74) is 0. The third-order valence-corrected chi connectivity index (χ3v) is 3.00. The van der Waals surface area contributed by atoms with Crippen LogP contribution >= 0.6 is 0 Å². The van der Waals surface area contributed by atoms with Gasteiger partial charge in [-0.1, -0.05) is 0 Å². The van der Waals surface area contributed by atoms with Gasteiger partial charge in [-0.15, -0.1) is 0 Å². The van der Waals surface area contributed by atoms with Crippen LogP contribution in [0.2, 0.25) is 0 Å². The van der Waals surface area contributed by atoms with Crippen molar-refractivity contribution in [2.75, 3.05) is 13.1 Å². The average Bonchev–Trinajstić information content (AvgIpc) is 2.44. The second-order valence-corrected chi connectivity index (χ2v) is 3.48. The highest BCUT2D eigenvalue weighted by Crippen LogP contribution is 2.39. The standard InChI is InChI=1S/C7H11NO2/c9-7-5-3-8-2-1-4(10-5)6(7)8/h4-7,9H,1-3H2/t4-,5+,6+,7+/m0/s1. The Morgan fingerprint density at radius 3 is 2.90 bits per heavy atom. The maximum absolute atomic E-state index is 9.54. The van der Waals surface area contributed by atoms with E-state index in [1.165, 1.54) is 0 Å². The van der Waals surface area contributed by atoms with Crippen LogP contribution < -0.4 is 0 Å². The molecule has 0 saturated carbocycles. The Bertz CT molecular complexity index is 156. The van der Waals surface area contributed by atoms with Gasteiger partial charge in [0.15, 0.2) is 0 Å². The van der Waals surface area contributed by atoms with Crippen LogP contribution in [0.3, 0.4) is 0 Å². The van der Waals surface area contributed by atoms with Gasteiger partial charge in [0.05, 0.1) is 24.4 Å². The van der Waals surface area contributed by atoms with Crippen molar-refractivity contribution in [2.24, 2.45) is 0 Å². The fraction of sp³-hybridized carbons (Fsp3) is 1.00. The molecule has 0 amide bonds. The van der Waals surface area contributed by atoms with E-state index in [9.17, 15) is 5.11 Å². The van der Waals surface area contributed by atoms with Crippen LogP contribution in [0.15, 0.2) is 0 Å². The lowest BCUT2D eigenvalue weighted by atomic mass is 10.1. The molecule has 0 aromatic heterocycles. The minimum atomic E-state index is -0.188. The Morgan fingerprint density at radius 2 is 2.30 bits per heavy atom. The minimum Gasteiger partial charge on any atom is -0.389 e. The SMILES string of the molecule is O[C@H]1[C@H]2[C@@H]3CCN2C[C@H]1O3. The molecule has 2 bridgehead atoms. The van der Waals surface area contributed by atoms with Gasteiger partial charge in [-0.3, -0.25) is 4.90 Å². The van der Waals surface area contributed by atoms with E-state index in [-0.39, 0.29) is 12.2 Å². The van der Waals surface area contributed by atoms with E-state index in [4.69, 9.17) is 4.74 Å². The van der Waals surface area contributed by atoms with Crippen molar-refractivity contribution >= 4 is 0 Å². The predicted octanol–water partition coefficient (Wildman–Crippen LogP) is -0.797. The summed E-state index contributed by atoms with van der Waals surface area (Å²) in [5.74, 6) is 0. The van der Waals surface area contributed by atoms with Crippen LogP contribution in [0.25, 0.3) is 0 Å². The molecule has 0 radical (unpaired) electrons. The number of ether oxygens (including phenoxy) is 1. The second-order valence-electron chi connectivity index (χ2n) is 3.48. The van der Waals surface area contributed by atoms with Gasteiger partial charge in [0.25, 0.3) is 0 Å². The molecule has 1 N–H and O–H groups in total. The van der Waals surface area contributed by atoms with Gasteiger partial charge in [-0.05, 0) is 6.42 Å². The van der Waals surface area contributed by atoms with Crippen LogP contribution in [-0.4, -0.2) is 47.4 Å². The maximum atomic E-state index is 9.54. The summed E-state index contributed by atoms with van der Waals surface area (Å²) in [4.78, 5) is 2.35. The van der Waals surface area contributed by atoms with Gasteiger partial charge < -0.3 is 9.84 Å². The first kappa shape index (κ1) is 5.52. The molecule has 3 fully saturated rings. The number of hydrogen-bond acceptors (Lipinski definition) is 3. The lowest BCUT2D eigenvalue weighted by Gasteiger charge is -2.20. The summed E-state index contributed by atoms with van der Waals surface area (Å²) in [5, 5.41) is 9.54. The van der Waals surface area contributed by atoms with E-state index in [2.05, 4.69) is 4.90 Å². The number of fused-ring (bicyclic) bond motifs is 1. The Labute approximate surface area is 59.6 Å². The summed E-state index contributed by atoms with van der Waals surface area (Å²) >= 11 is 0. The van der Waals surface area contributed by atoms with E-state index >= 15 is 0 Å². The topological polar surface area (TPSA) is 32.7 Å². The molecule has 3 heterocycles. The molecule has 4 atom stereocenters. The number of nitrogens with zero attached hydrogens (tertiary/aromatic N) is 1. The molecule has 3 saturated heterocycles. The quantitative estimate of drug-likeness (QED) is 0.479. The van der Waals surface area contributed by atoms with E-state index in [0.29, 0.717) is 12.1 Å². The molecule has 3 aliphatic heterocycles. The first-order valence-electron chi connectivity index (χ1n) is 3.94. The molecule has 0 aromatic rings. The van der Waals surface area contributed by atoms with Gasteiger partial charge in [0, 0.05) is 13.1 Å². The summed E-state index contributed by atoms with van der Waals surface area (Å²) < 4.78 is 5.57. The van der Waals surface area contributed by atoms with Crippen molar-refractivity contribution in [3.05, 3.63) is 0 Å². The third kappa shape index (κ3) is 0.447. The van der Waals surface area contributed by atoms with E-state index in [1.807, 2.05) is 0 Å². The van der Waals surface area contributed by atoms with Crippen LogP contribution in [-0.2, 0) is 4.74 Å². The highest BCUT2D eigenvalue weighted by Gasteiger charge is 2.56. The molecular weight excluding hydrogens is 130 g/mol. The molecule has 3 rings (SSSR count). The highest BCUT2D eigenvalue weighted by molar-refractivity contribution is 5.08. The van der Waals surface area contributed by atoms with E-state index in [0.717, 1.165) is 19.5 Å². The zero-order chi connectivity index (χ0) is 6.72. The lowest BCUT2D eigenvalue weighted by molar-refractivity contribution is 0.000688. The Kier molecular flexibility index (Phi) is 0.854. The molecule has 0 aliphatic carbocycles. The van der Waals surface area contributed by atoms with Crippen molar-refractivity contribution in [1.29, 1.82) is 0 Å². The van der Waals surface area contributed by atoms with E-state index < -0.39 is 0 Å². The Morgan fingerprint density at radius 1 is 1.40 bits per heavy atom.